The van der Waals surface area contributed by atoms with Gasteiger partial charge in [0.05, 0.1) is 11.4 Å². The van der Waals surface area contributed by atoms with Crippen LogP contribution in [0.5, 0.6) is 0 Å². The van der Waals surface area contributed by atoms with Gasteiger partial charge in [-0.1, -0.05) is 19.4 Å². The monoisotopic (exact) mass is 222 g/mol. The number of anilines is 2. The van der Waals surface area contributed by atoms with Crippen LogP contribution in [-0.2, 0) is 0 Å². The smallest absolute Gasteiger partial charge is 0.148 e. The van der Waals surface area contributed by atoms with Crippen molar-refractivity contribution in [1.29, 1.82) is 0 Å². The standard InChI is InChI=1S/C13H19FN2/c1-2-6-13(7-8-13)9-16-11-5-3-4-10(14)12(11)15/h3-5,16H,2,6-9,15H2,1H3. The largest absolute Gasteiger partial charge is 0.395 e. The lowest BCUT2D eigenvalue weighted by Crippen LogP contribution is -2.16. The van der Waals surface area contributed by atoms with Gasteiger partial charge in [-0.3, -0.25) is 0 Å². The Morgan fingerprint density at radius 2 is 2.19 bits per heavy atom. The zero-order valence-electron chi connectivity index (χ0n) is 9.72. The molecule has 2 nitrogen and oxygen atoms in total. The highest BCUT2D eigenvalue weighted by Gasteiger charge is 2.41. The summed E-state index contributed by atoms with van der Waals surface area (Å²) in [5.41, 5.74) is 7.08. The van der Waals surface area contributed by atoms with E-state index in [4.69, 9.17) is 5.73 Å². The summed E-state index contributed by atoms with van der Waals surface area (Å²) in [5, 5.41) is 3.28. The summed E-state index contributed by atoms with van der Waals surface area (Å²) in [6.45, 7) is 3.12. The van der Waals surface area contributed by atoms with Gasteiger partial charge in [-0.2, -0.15) is 0 Å². The maximum Gasteiger partial charge on any atom is 0.148 e. The van der Waals surface area contributed by atoms with Gasteiger partial charge < -0.3 is 11.1 Å². The van der Waals surface area contributed by atoms with Crippen LogP contribution in [-0.4, -0.2) is 6.54 Å². The molecule has 0 aromatic heterocycles. The lowest BCUT2D eigenvalue weighted by molar-refractivity contribution is 0.485. The Hall–Kier alpha value is -1.25. The molecule has 0 atom stereocenters. The van der Waals surface area contributed by atoms with Crippen LogP contribution >= 0.6 is 0 Å². The number of para-hydroxylation sites is 1. The summed E-state index contributed by atoms with van der Waals surface area (Å²) < 4.78 is 13.2. The number of nitrogen functional groups attached to an aromatic ring is 1. The van der Waals surface area contributed by atoms with Crippen LogP contribution in [0.3, 0.4) is 0 Å². The maximum atomic E-state index is 13.2. The van der Waals surface area contributed by atoms with Gasteiger partial charge in [0.15, 0.2) is 0 Å². The van der Waals surface area contributed by atoms with Crippen molar-refractivity contribution in [1.82, 2.24) is 0 Å². The number of benzene rings is 1. The fourth-order valence-electron chi connectivity index (χ4n) is 2.20. The molecule has 1 aromatic rings. The molecule has 1 fully saturated rings. The Bertz CT molecular complexity index is 372. The molecular formula is C13H19FN2. The van der Waals surface area contributed by atoms with Crippen molar-refractivity contribution in [2.45, 2.75) is 32.6 Å². The third-order valence-corrected chi connectivity index (χ3v) is 3.44. The van der Waals surface area contributed by atoms with E-state index < -0.39 is 0 Å². The first-order chi connectivity index (χ1) is 7.67. The summed E-state index contributed by atoms with van der Waals surface area (Å²) in [6, 6.07) is 4.91. The predicted octanol–water partition coefficient (Wildman–Crippen LogP) is 3.40. The van der Waals surface area contributed by atoms with Crippen molar-refractivity contribution in [3.05, 3.63) is 24.0 Å². The summed E-state index contributed by atoms with van der Waals surface area (Å²) in [7, 11) is 0. The molecule has 88 valence electrons. The Morgan fingerprint density at radius 1 is 1.44 bits per heavy atom. The van der Waals surface area contributed by atoms with Crippen LogP contribution in [0.2, 0.25) is 0 Å². The predicted molar refractivity (Wildman–Crippen MR) is 65.9 cm³/mol. The number of halogens is 1. The highest BCUT2D eigenvalue weighted by molar-refractivity contribution is 5.66. The minimum Gasteiger partial charge on any atom is -0.395 e. The average Bonchev–Trinajstić information content (AvgIpc) is 3.02. The van der Waals surface area contributed by atoms with Crippen molar-refractivity contribution >= 4 is 11.4 Å². The molecule has 0 unspecified atom stereocenters. The van der Waals surface area contributed by atoms with Crippen LogP contribution in [0.4, 0.5) is 15.8 Å². The molecule has 1 aromatic carbocycles. The summed E-state index contributed by atoms with van der Waals surface area (Å²) in [4.78, 5) is 0. The van der Waals surface area contributed by atoms with Crippen molar-refractivity contribution < 1.29 is 4.39 Å². The first kappa shape index (κ1) is 11.2. The third-order valence-electron chi connectivity index (χ3n) is 3.44. The molecule has 3 heteroatoms. The first-order valence-corrected chi connectivity index (χ1v) is 5.95. The van der Waals surface area contributed by atoms with E-state index in [2.05, 4.69) is 12.2 Å². The van der Waals surface area contributed by atoms with Crippen LogP contribution in [0, 0.1) is 11.2 Å². The first-order valence-electron chi connectivity index (χ1n) is 5.95. The molecule has 0 heterocycles. The van der Waals surface area contributed by atoms with Crippen molar-refractivity contribution in [3.63, 3.8) is 0 Å². The third kappa shape index (κ3) is 2.29. The number of rotatable bonds is 5. The Morgan fingerprint density at radius 3 is 2.81 bits per heavy atom. The summed E-state index contributed by atoms with van der Waals surface area (Å²) in [6.07, 6.45) is 5.02. The highest BCUT2D eigenvalue weighted by atomic mass is 19.1. The van der Waals surface area contributed by atoms with Gasteiger partial charge in [0.2, 0.25) is 0 Å². The molecule has 1 saturated carbocycles. The topological polar surface area (TPSA) is 38.0 Å². The molecule has 1 aliphatic carbocycles. The average molecular weight is 222 g/mol. The zero-order valence-corrected chi connectivity index (χ0v) is 9.72. The number of hydrogen-bond acceptors (Lipinski definition) is 2. The van der Waals surface area contributed by atoms with E-state index in [-0.39, 0.29) is 11.5 Å². The Labute approximate surface area is 96.0 Å². The molecular weight excluding hydrogens is 203 g/mol. The van der Waals surface area contributed by atoms with Crippen LogP contribution < -0.4 is 11.1 Å². The fraction of sp³-hybridized carbons (Fsp3) is 0.538. The van der Waals surface area contributed by atoms with Crippen LogP contribution in [0.1, 0.15) is 32.6 Å². The van der Waals surface area contributed by atoms with Gasteiger partial charge in [0, 0.05) is 6.54 Å². The Kier molecular flexibility index (Phi) is 3.03. The lowest BCUT2D eigenvalue weighted by Gasteiger charge is -2.17. The molecule has 3 N–H and O–H groups in total. The van der Waals surface area contributed by atoms with E-state index in [9.17, 15) is 4.39 Å². The van der Waals surface area contributed by atoms with E-state index in [1.807, 2.05) is 6.07 Å². The highest BCUT2D eigenvalue weighted by Crippen LogP contribution is 2.49. The summed E-state index contributed by atoms with van der Waals surface area (Å²) in [5.74, 6) is -0.342. The lowest BCUT2D eigenvalue weighted by atomic mass is 10.0. The number of nitrogens with one attached hydrogen (secondary N) is 1. The molecule has 0 bridgehead atoms. The SMILES string of the molecule is CCCC1(CNc2cccc(F)c2N)CC1. The fourth-order valence-corrected chi connectivity index (χ4v) is 2.20. The second-order valence-corrected chi connectivity index (χ2v) is 4.80. The minimum absolute atomic E-state index is 0.231. The summed E-state index contributed by atoms with van der Waals surface area (Å²) >= 11 is 0. The normalized spacial score (nSPS) is 17.1. The van der Waals surface area contributed by atoms with Gasteiger partial charge in [-0.05, 0) is 36.8 Å². The zero-order chi connectivity index (χ0) is 11.6. The van der Waals surface area contributed by atoms with E-state index in [1.165, 1.54) is 31.7 Å². The molecule has 2 rings (SSSR count). The van der Waals surface area contributed by atoms with E-state index in [1.54, 1.807) is 6.07 Å². The molecule has 1 aliphatic rings. The van der Waals surface area contributed by atoms with E-state index in [0.29, 0.717) is 5.41 Å². The van der Waals surface area contributed by atoms with Gasteiger partial charge >= 0.3 is 0 Å². The molecule has 0 radical (unpaired) electrons. The van der Waals surface area contributed by atoms with Gasteiger partial charge in [-0.25, -0.2) is 4.39 Å². The number of nitrogens with two attached hydrogens (primary N) is 1. The molecule has 16 heavy (non-hydrogen) atoms. The van der Waals surface area contributed by atoms with Crippen LogP contribution in [0.15, 0.2) is 18.2 Å². The Balaban J connectivity index is 1.97. The second-order valence-electron chi connectivity index (χ2n) is 4.80. The second kappa shape index (κ2) is 4.32. The van der Waals surface area contributed by atoms with Crippen molar-refractivity contribution in [2.75, 3.05) is 17.6 Å². The molecule has 0 aliphatic heterocycles. The molecule has 0 spiro atoms. The van der Waals surface area contributed by atoms with E-state index >= 15 is 0 Å². The van der Waals surface area contributed by atoms with Crippen molar-refractivity contribution in [3.8, 4) is 0 Å². The van der Waals surface area contributed by atoms with Gasteiger partial charge in [0.1, 0.15) is 5.82 Å². The molecule has 0 saturated heterocycles. The van der Waals surface area contributed by atoms with Crippen LogP contribution in [0.25, 0.3) is 0 Å². The van der Waals surface area contributed by atoms with Gasteiger partial charge in [-0.15, -0.1) is 0 Å². The van der Waals surface area contributed by atoms with Gasteiger partial charge in [0.25, 0.3) is 0 Å². The minimum atomic E-state index is -0.342. The number of hydrogen-bond donors (Lipinski definition) is 2. The van der Waals surface area contributed by atoms with Crippen molar-refractivity contribution in [2.24, 2.45) is 5.41 Å². The quantitative estimate of drug-likeness (QED) is 0.749. The maximum absolute atomic E-state index is 13.2. The molecule has 0 amide bonds. The van der Waals surface area contributed by atoms with E-state index in [0.717, 1.165) is 12.2 Å².